The molecule has 0 heterocycles. The third-order valence-corrected chi connectivity index (χ3v) is 6.51. The van der Waals surface area contributed by atoms with E-state index in [2.05, 4.69) is 22.0 Å². The van der Waals surface area contributed by atoms with Crippen molar-refractivity contribution in [1.29, 1.82) is 0 Å². The molecule has 0 aromatic heterocycles. The first-order chi connectivity index (χ1) is 15.5. The van der Waals surface area contributed by atoms with Crippen LogP contribution in [-0.2, 0) is 4.84 Å². The third-order valence-electron chi connectivity index (χ3n) is 5.36. The van der Waals surface area contributed by atoms with Gasteiger partial charge in [0.2, 0.25) is 5.17 Å². The number of amidine groups is 1. The van der Waals surface area contributed by atoms with Gasteiger partial charge in [-0.15, -0.1) is 0 Å². The number of ether oxygens (including phenoxy) is 1. The van der Waals surface area contributed by atoms with E-state index in [0.717, 1.165) is 0 Å². The lowest BCUT2D eigenvalue weighted by Crippen LogP contribution is -2.32. The van der Waals surface area contributed by atoms with Crippen LogP contribution in [0.5, 0.6) is 5.75 Å². The minimum Gasteiger partial charge on any atom is -0.495 e. The monoisotopic (exact) mass is 458 g/mol. The number of hydrogen-bond acceptors (Lipinski definition) is 8. The second-order valence-electron chi connectivity index (χ2n) is 7.54. The van der Waals surface area contributed by atoms with Crippen molar-refractivity contribution in [3.63, 3.8) is 0 Å². The molecule has 0 spiro atoms. The van der Waals surface area contributed by atoms with E-state index < -0.39 is 0 Å². The Kier molecular flexibility index (Phi) is 8.20. The van der Waals surface area contributed by atoms with Crippen LogP contribution in [0.2, 0.25) is 0 Å². The van der Waals surface area contributed by atoms with E-state index in [1.807, 2.05) is 12.1 Å². The molecular weight excluding hydrogens is 428 g/mol. The Hall–Kier alpha value is -2.95. The standard InChI is InChI=1S/C22H30N6O3S/c1-28(24)22(26-23)32-20-11-9-16(27-31-3)13-17(20)21(29)25-18-10-8-15(12-19(18)30-2)14-6-4-5-7-14/h8-14,27H,4-7,23-24H2,1-3H3,(H,25,29)/b26-22+. The summed E-state index contributed by atoms with van der Waals surface area (Å²) in [7, 11) is 4.73. The Labute approximate surface area is 192 Å². The lowest BCUT2D eigenvalue weighted by Gasteiger charge is -2.18. The topological polar surface area (TPSA) is 127 Å². The molecule has 1 aliphatic carbocycles. The number of carbonyl (C=O) groups is 1. The van der Waals surface area contributed by atoms with E-state index in [9.17, 15) is 4.79 Å². The van der Waals surface area contributed by atoms with Crippen molar-refractivity contribution in [3.05, 3.63) is 47.5 Å². The van der Waals surface area contributed by atoms with Crippen LogP contribution in [0.15, 0.2) is 46.4 Å². The van der Waals surface area contributed by atoms with Gasteiger partial charge in [0.1, 0.15) is 5.75 Å². The Balaban J connectivity index is 1.89. The normalized spacial score (nSPS) is 14.3. The van der Waals surface area contributed by atoms with Crippen molar-refractivity contribution < 1.29 is 14.4 Å². The third kappa shape index (κ3) is 5.64. The van der Waals surface area contributed by atoms with Crippen LogP contribution in [0, 0.1) is 0 Å². The van der Waals surface area contributed by atoms with Crippen molar-refractivity contribution in [2.45, 2.75) is 36.5 Å². The number of rotatable bonds is 7. The molecule has 2 aromatic rings. The number of methoxy groups -OCH3 is 1. The molecule has 172 valence electrons. The Morgan fingerprint density at radius 2 is 1.94 bits per heavy atom. The number of anilines is 2. The summed E-state index contributed by atoms with van der Waals surface area (Å²) in [6.45, 7) is 0. The van der Waals surface area contributed by atoms with Gasteiger partial charge in [0.05, 0.1) is 31.2 Å². The van der Waals surface area contributed by atoms with E-state index in [4.69, 9.17) is 21.3 Å². The van der Waals surface area contributed by atoms with Gasteiger partial charge in [-0.05, 0) is 66.4 Å². The Morgan fingerprint density at radius 1 is 1.19 bits per heavy atom. The lowest BCUT2D eigenvalue weighted by atomic mass is 9.97. The molecule has 1 saturated carbocycles. The van der Waals surface area contributed by atoms with Gasteiger partial charge in [-0.25, -0.2) is 5.84 Å². The predicted molar refractivity (Wildman–Crippen MR) is 129 cm³/mol. The molecule has 1 amide bonds. The lowest BCUT2D eigenvalue weighted by molar-refractivity contribution is 0.102. The summed E-state index contributed by atoms with van der Waals surface area (Å²) >= 11 is 1.18. The predicted octanol–water partition coefficient (Wildman–Crippen LogP) is 3.71. The van der Waals surface area contributed by atoms with E-state index in [1.165, 1.54) is 55.1 Å². The van der Waals surface area contributed by atoms with Crippen LogP contribution in [0.1, 0.15) is 47.5 Å². The molecule has 0 saturated heterocycles. The van der Waals surface area contributed by atoms with Gasteiger partial charge in [0, 0.05) is 11.9 Å². The fourth-order valence-electron chi connectivity index (χ4n) is 3.78. The highest BCUT2D eigenvalue weighted by Crippen LogP contribution is 2.38. The quantitative estimate of drug-likeness (QED) is 0.163. The Morgan fingerprint density at radius 3 is 2.56 bits per heavy atom. The van der Waals surface area contributed by atoms with Crippen LogP contribution in [-0.4, -0.2) is 37.4 Å². The maximum Gasteiger partial charge on any atom is 0.256 e. The molecule has 32 heavy (non-hydrogen) atoms. The van der Waals surface area contributed by atoms with Crippen LogP contribution in [0.25, 0.3) is 0 Å². The second-order valence-corrected chi connectivity index (χ2v) is 8.55. The van der Waals surface area contributed by atoms with Gasteiger partial charge in [-0.2, -0.15) is 5.10 Å². The highest BCUT2D eigenvalue weighted by Gasteiger charge is 2.21. The number of hydrogen-bond donors (Lipinski definition) is 4. The van der Waals surface area contributed by atoms with Crippen LogP contribution >= 0.6 is 11.8 Å². The van der Waals surface area contributed by atoms with Gasteiger partial charge < -0.3 is 15.9 Å². The van der Waals surface area contributed by atoms with E-state index in [0.29, 0.717) is 38.7 Å². The summed E-state index contributed by atoms with van der Waals surface area (Å²) in [6, 6.07) is 11.2. The number of carbonyl (C=O) groups excluding carboxylic acids is 1. The number of nitrogens with zero attached hydrogens (tertiary/aromatic N) is 2. The largest absolute Gasteiger partial charge is 0.495 e. The van der Waals surface area contributed by atoms with Gasteiger partial charge in [0.25, 0.3) is 5.91 Å². The molecule has 0 unspecified atom stereocenters. The summed E-state index contributed by atoms with van der Waals surface area (Å²) in [5.74, 6) is 12.1. The van der Waals surface area contributed by atoms with E-state index >= 15 is 0 Å². The number of hydrazine groups is 1. The van der Waals surface area contributed by atoms with Crippen molar-refractivity contribution >= 4 is 34.2 Å². The first kappa shape index (κ1) is 23.7. The van der Waals surface area contributed by atoms with Crippen molar-refractivity contribution in [2.75, 3.05) is 32.1 Å². The average molecular weight is 459 g/mol. The van der Waals surface area contributed by atoms with Crippen molar-refractivity contribution in [2.24, 2.45) is 16.8 Å². The minimum atomic E-state index is -0.310. The van der Waals surface area contributed by atoms with Gasteiger partial charge in [-0.3, -0.25) is 20.1 Å². The molecule has 10 heteroatoms. The molecule has 1 aliphatic rings. The van der Waals surface area contributed by atoms with Gasteiger partial charge in [0.15, 0.2) is 0 Å². The molecule has 1 fully saturated rings. The number of hydrazone groups is 1. The SMILES string of the molecule is CONc1ccc(S/C(=N/N)N(C)N)c(C(=O)Nc2ccc(C3CCCC3)cc2OC)c1. The van der Waals surface area contributed by atoms with Crippen molar-refractivity contribution in [3.8, 4) is 5.75 Å². The highest BCUT2D eigenvalue weighted by molar-refractivity contribution is 8.13. The fourth-order valence-corrected chi connectivity index (χ4v) is 4.57. The van der Waals surface area contributed by atoms with Crippen LogP contribution < -0.4 is 27.2 Å². The zero-order valence-electron chi connectivity index (χ0n) is 18.6. The first-order valence-electron chi connectivity index (χ1n) is 10.3. The number of amides is 1. The maximum atomic E-state index is 13.3. The molecule has 9 nitrogen and oxygen atoms in total. The summed E-state index contributed by atoms with van der Waals surface area (Å²) in [6.07, 6.45) is 4.89. The minimum absolute atomic E-state index is 0.310. The maximum absolute atomic E-state index is 13.3. The number of nitrogens with two attached hydrogens (primary N) is 2. The molecular formula is C22H30N6O3S. The summed E-state index contributed by atoms with van der Waals surface area (Å²) in [4.78, 5) is 18.9. The highest BCUT2D eigenvalue weighted by atomic mass is 32.2. The molecule has 0 radical (unpaired) electrons. The van der Waals surface area contributed by atoms with Crippen LogP contribution in [0.3, 0.4) is 0 Å². The number of nitrogens with one attached hydrogen (secondary N) is 2. The van der Waals surface area contributed by atoms with E-state index in [1.54, 1.807) is 32.4 Å². The zero-order valence-corrected chi connectivity index (χ0v) is 19.4. The van der Waals surface area contributed by atoms with E-state index in [-0.39, 0.29) is 5.91 Å². The molecule has 3 rings (SSSR count). The summed E-state index contributed by atoms with van der Waals surface area (Å²) in [5.41, 5.74) is 5.61. The number of benzene rings is 2. The average Bonchev–Trinajstić information content (AvgIpc) is 3.33. The summed E-state index contributed by atoms with van der Waals surface area (Å²) in [5, 5.41) is 8.30. The fraction of sp³-hybridized carbons (Fsp3) is 0.364. The Bertz CT molecular complexity index is 976. The zero-order chi connectivity index (χ0) is 23.1. The molecule has 0 aliphatic heterocycles. The van der Waals surface area contributed by atoms with Crippen LogP contribution in [0.4, 0.5) is 11.4 Å². The summed E-state index contributed by atoms with van der Waals surface area (Å²) < 4.78 is 5.58. The second kappa shape index (κ2) is 11.1. The van der Waals surface area contributed by atoms with Crippen molar-refractivity contribution in [1.82, 2.24) is 5.01 Å². The molecule has 6 N–H and O–H groups in total. The smallest absolute Gasteiger partial charge is 0.256 e. The van der Waals surface area contributed by atoms with Gasteiger partial charge in [-0.1, -0.05) is 18.9 Å². The first-order valence-corrected chi connectivity index (χ1v) is 11.1. The molecule has 2 aromatic carbocycles. The number of thioether (sulfide) groups is 1. The van der Waals surface area contributed by atoms with Gasteiger partial charge >= 0.3 is 0 Å². The molecule has 0 bridgehead atoms. The molecule has 0 atom stereocenters.